The van der Waals surface area contributed by atoms with Crippen LogP contribution in [0.15, 0.2) is 54.7 Å². The number of anilines is 1. The number of aromatic nitrogens is 2. The lowest BCUT2D eigenvalue weighted by Gasteiger charge is -2.45. The molecule has 2 aromatic heterocycles. The SMILES string of the molecule is CCn1c(-c2cc(N3CCN4CCCC[C@@H]4C3)cnc2[C@H](C)OC)c2c3cc(ccc31)-c1cccc(c1)C[C@H](NC(=O)[C@H](C(C)C)N1CC[C@]3(CCN(C(=O)[C@H]4[C@@H](C5CC5)N4[S@+]([O-])C(C)(C)C)C3)C1)C(=O)N1CCC[C@H](N1)C(=O)OCC(C)(C)C2. The van der Waals surface area contributed by atoms with Crippen molar-refractivity contribution < 1.29 is 33.2 Å². The number of esters is 1. The molecule has 2 aromatic carbocycles. The van der Waals surface area contributed by atoms with E-state index in [2.05, 4.69) is 108 Å². The highest BCUT2D eigenvalue weighted by Gasteiger charge is 2.68. The molecule has 18 heteroatoms. The molecule has 3 amide bonds. The molecule has 1 saturated carbocycles. The number of piperidine rings is 1. The van der Waals surface area contributed by atoms with Gasteiger partial charge in [0.15, 0.2) is 6.04 Å². The second-order valence-electron chi connectivity index (χ2n) is 28.6. The first kappa shape index (κ1) is 60.2. The number of piperazine rings is 1. The molecule has 12 rings (SSSR count). The van der Waals surface area contributed by atoms with Gasteiger partial charge in [-0.1, -0.05) is 64.4 Å². The molecule has 6 bridgehead atoms. The smallest absolute Gasteiger partial charge is 0.324 e. The number of hydrazine groups is 1. The number of likely N-dealkylation sites (tertiary alicyclic amines) is 2. The lowest BCUT2D eigenvalue weighted by molar-refractivity contribution is -0.155. The minimum Gasteiger partial charge on any atom is -0.597 e. The lowest BCUT2D eigenvalue weighted by Crippen LogP contribution is -2.62. The van der Waals surface area contributed by atoms with Gasteiger partial charge in [0.1, 0.15) is 16.8 Å². The third-order valence-corrected chi connectivity index (χ3v) is 22.2. The molecule has 9 heterocycles. The molecular weight excluding hydrogens is 1090 g/mol. The Labute approximate surface area is 507 Å². The van der Waals surface area contributed by atoms with E-state index in [-0.39, 0.29) is 60.3 Å². The van der Waals surface area contributed by atoms with E-state index in [1.807, 2.05) is 48.3 Å². The normalized spacial score (nSPS) is 28.8. The molecule has 2 N–H and O–H groups in total. The number of cyclic esters (lactones) is 1. The minimum absolute atomic E-state index is 0.0590. The van der Waals surface area contributed by atoms with E-state index in [0.717, 1.165) is 101 Å². The molecule has 460 valence electrons. The van der Waals surface area contributed by atoms with Gasteiger partial charge in [-0.05, 0) is 158 Å². The van der Waals surface area contributed by atoms with Crippen LogP contribution in [-0.4, -0.2) is 175 Å². The van der Waals surface area contributed by atoms with Crippen LogP contribution in [0.5, 0.6) is 0 Å². The number of pyridine rings is 1. The topological polar surface area (TPSA) is 171 Å². The summed E-state index contributed by atoms with van der Waals surface area (Å²) in [6, 6.07) is 15.5. The minimum atomic E-state index is -1.25. The van der Waals surface area contributed by atoms with E-state index in [1.54, 1.807) is 12.1 Å². The molecule has 1 spiro atoms. The number of amides is 3. The van der Waals surface area contributed by atoms with Crippen molar-refractivity contribution in [2.24, 2.45) is 22.7 Å². The van der Waals surface area contributed by atoms with Gasteiger partial charge in [0, 0.05) is 111 Å². The summed E-state index contributed by atoms with van der Waals surface area (Å²) in [5, 5.41) is 5.97. The van der Waals surface area contributed by atoms with Crippen molar-refractivity contribution in [3.05, 3.63) is 71.5 Å². The number of methoxy groups -OCH3 is 1. The van der Waals surface area contributed by atoms with Crippen LogP contribution in [-0.2, 0) is 59.4 Å². The van der Waals surface area contributed by atoms with Crippen LogP contribution in [0.25, 0.3) is 33.3 Å². The van der Waals surface area contributed by atoms with Crippen molar-refractivity contribution in [2.45, 2.75) is 187 Å². The van der Waals surface area contributed by atoms with Gasteiger partial charge in [-0.2, -0.15) is 0 Å². The summed E-state index contributed by atoms with van der Waals surface area (Å²) in [5.74, 6) is -0.452. The summed E-state index contributed by atoms with van der Waals surface area (Å²) in [6.45, 7) is 26.7. The number of fused-ring (bicyclic) bond motifs is 7. The first-order valence-electron chi connectivity index (χ1n) is 32.2. The van der Waals surface area contributed by atoms with Gasteiger partial charge in [0.05, 0.1) is 48.1 Å². The number of hydrogen-bond donors (Lipinski definition) is 2. The number of carbonyl (C=O) groups is 4. The third kappa shape index (κ3) is 12.0. The Morgan fingerprint density at radius 1 is 0.929 bits per heavy atom. The van der Waals surface area contributed by atoms with Crippen molar-refractivity contribution in [3.63, 3.8) is 0 Å². The quantitative estimate of drug-likeness (QED) is 0.0790. The molecule has 8 aliphatic rings. The van der Waals surface area contributed by atoms with Gasteiger partial charge in [0.25, 0.3) is 5.91 Å². The predicted molar refractivity (Wildman–Crippen MR) is 334 cm³/mol. The number of benzene rings is 2. The second-order valence-corrected chi connectivity index (χ2v) is 30.7. The van der Waals surface area contributed by atoms with Crippen LogP contribution in [0, 0.1) is 22.7 Å². The van der Waals surface area contributed by atoms with Crippen molar-refractivity contribution >= 4 is 51.6 Å². The van der Waals surface area contributed by atoms with E-state index in [4.69, 9.17) is 14.5 Å². The highest BCUT2D eigenvalue weighted by molar-refractivity contribution is 7.90. The van der Waals surface area contributed by atoms with Crippen LogP contribution in [0.1, 0.15) is 143 Å². The number of hydrogen-bond acceptors (Lipinski definition) is 13. The molecule has 7 aliphatic heterocycles. The predicted octanol–water partition coefficient (Wildman–Crippen LogP) is 8.29. The fraction of sp³-hybridized carbons (Fsp3) is 0.657. The van der Waals surface area contributed by atoms with Crippen LogP contribution in [0.4, 0.5) is 5.69 Å². The third-order valence-electron chi connectivity index (χ3n) is 20.3. The summed E-state index contributed by atoms with van der Waals surface area (Å²) in [5.41, 5.74) is 12.0. The van der Waals surface area contributed by atoms with Crippen molar-refractivity contribution in [2.75, 3.05) is 77.5 Å². The van der Waals surface area contributed by atoms with E-state index in [9.17, 15) is 14.1 Å². The van der Waals surface area contributed by atoms with Crippen LogP contribution in [0.3, 0.4) is 0 Å². The van der Waals surface area contributed by atoms with Crippen LogP contribution >= 0.6 is 0 Å². The van der Waals surface area contributed by atoms with Crippen LogP contribution < -0.4 is 15.6 Å². The monoisotopic (exact) mass is 1180 g/mol. The molecular formula is C67H94N10O7S. The molecule has 17 nitrogen and oxygen atoms in total. The average Bonchev–Trinajstić information content (AvgIpc) is 1.66. The number of carbonyl (C=O) groups excluding carboxylic acids is 4. The van der Waals surface area contributed by atoms with Crippen molar-refractivity contribution in [1.29, 1.82) is 0 Å². The zero-order valence-corrected chi connectivity index (χ0v) is 53.1. The van der Waals surface area contributed by atoms with Gasteiger partial charge in [-0.25, -0.2) is 5.43 Å². The largest absolute Gasteiger partial charge is 0.597 e. The standard InChI is InChI=1S/C67H94N10O7S/c1-11-75-55-23-22-47-34-50(55)52(59(75)51-35-49(37-68-56(51)43(4)83-10)72-31-30-71-26-13-12-18-48(71)38-72)36-66(8,9)41-84-64(81)53-19-15-27-76(70-53)62(79)54(33-44-16-14-17-46(47)32-44)69-61(78)57(42(2)3)73-28-24-67(39-73)25-29-74(40-67)63(80)60-58(45-20-21-45)77(60)85(82)65(5,6)7/h14,16-17,22-23,32,34-35,37,42-43,45,48,53-54,57-58,60,70H,11-13,15,18-21,24-31,33,36,38-41H2,1-10H3,(H,69,78)/t43-,48+,53-,54-,57-,58+,60+,67-,77?,85+/m0/s1. The molecule has 1 unspecified atom stereocenters. The lowest BCUT2D eigenvalue weighted by atomic mass is 9.84. The first-order chi connectivity index (χ1) is 40.6. The highest BCUT2D eigenvalue weighted by Crippen LogP contribution is 2.52. The summed E-state index contributed by atoms with van der Waals surface area (Å²) in [7, 11) is 1.75. The summed E-state index contributed by atoms with van der Waals surface area (Å²) in [6.07, 6.45) is 11.3. The van der Waals surface area contributed by atoms with Gasteiger partial charge in [-0.3, -0.25) is 39.0 Å². The van der Waals surface area contributed by atoms with E-state index in [0.29, 0.717) is 70.5 Å². The Hall–Kier alpha value is -5.08. The molecule has 6 saturated heterocycles. The van der Waals surface area contributed by atoms with E-state index >= 15 is 9.59 Å². The highest BCUT2D eigenvalue weighted by atomic mass is 32.2. The molecule has 1 aliphatic carbocycles. The maximum absolute atomic E-state index is 15.1. The van der Waals surface area contributed by atoms with Gasteiger partial charge >= 0.3 is 5.97 Å². The Morgan fingerprint density at radius 3 is 2.47 bits per heavy atom. The van der Waals surface area contributed by atoms with Gasteiger partial charge < -0.3 is 33.7 Å². The number of ether oxygens (including phenoxy) is 2. The average molecular weight is 1180 g/mol. The van der Waals surface area contributed by atoms with E-state index < -0.39 is 45.6 Å². The first-order valence-corrected chi connectivity index (χ1v) is 33.3. The summed E-state index contributed by atoms with van der Waals surface area (Å²) < 4.78 is 30.0. The Kier molecular flexibility index (Phi) is 16.9. The number of nitrogens with zero attached hydrogens (tertiary/aromatic N) is 8. The maximum Gasteiger partial charge on any atom is 0.324 e. The molecule has 0 radical (unpaired) electrons. The Morgan fingerprint density at radius 2 is 1.72 bits per heavy atom. The van der Waals surface area contributed by atoms with Gasteiger partial charge in [0.2, 0.25) is 11.8 Å². The van der Waals surface area contributed by atoms with Crippen LogP contribution in [0.2, 0.25) is 0 Å². The molecule has 85 heavy (non-hydrogen) atoms. The summed E-state index contributed by atoms with van der Waals surface area (Å²) >= 11 is -1.25. The number of rotatable bonds is 12. The zero-order valence-electron chi connectivity index (χ0n) is 52.3. The number of aryl methyl sites for hydroxylation is 1. The second kappa shape index (κ2) is 23.8. The summed E-state index contributed by atoms with van der Waals surface area (Å²) in [4.78, 5) is 73.7. The van der Waals surface area contributed by atoms with Gasteiger partial charge in [-0.15, -0.1) is 4.31 Å². The Balaban J connectivity index is 0.849. The molecule has 10 atom stereocenters. The molecule has 7 fully saturated rings. The maximum atomic E-state index is 15.1. The number of nitrogens with one attached hydrogen (secondary N) is 2. The molecule has 4 aromatic rings. The van der Waals surface area contributed by atoms with Crippen molar-refractivity contribution in [1.82, 2.24) is 44.3 Å². The van der Waals surface area contributed by atoms with Crippen molar-refractivity contribution in [3.8, 4) is 22.4 Å². The zero-order chi connectivity index (χ0) is 59.9. The van der Waals surface area contributed by atoms with E-state index in [1.165, 1.54) is 25.8 Å². The fourth-order valence-corrected chi connectivity index (χ4v) is 17.0. The Bertz CT molecular complexity index is 3170. The fourth-order valence-electron chi connectivity index (χ4n) is 15.5.